The maximum absolute atomic E-state index is 12.7. The third kappa shape index (κ3) is 2.05. The lowest BCUT2D eigenvalue weighted by Crippen LogP contribution is -2.31. The number of imidazole rings is 1. The van der Waals surface area contributed by atoms with Gasteiger partial charge in [-0.15, -0.1) is 0 Å². The number of nitrogens with zero attached hydrogens (tertiary/aromatic N) is 2. The van der Waals surface area contributed by atoms with Crippen LogP contribution in [0.3, 0.4) is 0 Å². The summed E-state index contributed by atoms with van der Waals surface area (Å²) >= 11 is 0. The molecule has 0 aliphatic carbocycles. The van der Waals surface area contributed by atoms with Crippen molar-refractivity contribution in [1.29, 1.82) is 0 Å². The summed E-state index contributed by atoms with van der Waals surface area (Å²) in [6.07, 6.45) is -0.0572. The summed E-state index contributed by atoms with van der Waals surface area (Å²) in [6, 6.07) is 13.8. The molecule has 3 unspecified atom stereocenters. The first kappa shape index (κ1) is 15.3. The Morgan fingerprint density at radius 1 is 1.19 bits per heavy atom. The topological polar surface area (TPSA) is 68.6 Å². The van der Waals surface area contributed by atoms with Crippen LogP contribution in [0.4, 0.5) is 0 Å². The molecule has 6 nitrogen and oxygen atoms in total. The fraction of sp³-hybridized carbons (Fsp3) is 0.300. The normalized spacial score (nSPS) is 24.2. The molecule has 3 heterocycles. The summed E-state index contributed by atoms with van der Waals surface area (Å²) in [5.74, 6) is 0.783. The van der Waals surface area contributed by atoms with Crippen molar-refractivity contribution in [3.63, 3.8) is 0 Å². The third-order valence-corrected chi connectivity index (χ3v) is 5.36. The van der Waals surface area contributed by atoms with E-state index in [9.17, 15) is 4.79 Å². The molecule has 2 aliphatic heterocycles. The van der Waals surface area contributed by atoms with Gasteiger partial charge in [0.2, 0.25) is 0 Å². The number of oxime groups is 1. The van der Waals surface area contributed by atoms with E-state index in [0.717, 1.165) is 33.6 Å². The first-order valence-electron chi connectivity index (χ1n) is 8.80. The molecule has 2 aromatic carbocycles. The van der Waals surface area contributed by atoms with Crippen LogP contribution in [0.15, 0.2) is 52.4 Å². The van der Waals surface area contributed by atoms with Crippen molar-refractivity contribution in [3.8, 4) is 5.75 Å². The summed E-state index contributed by atoms with van der Waals surface area (Å²) in [6.45, 7) is 4.38. The highest BCUT2D eigenvalue weighted by molar-refractivity contribution is 5.94. The summed E-state index contributed by atoms with van der Waals surface area (Å²) in [5.41, 5.74) is 4.49. The van der Waals surface area contributed by atoms with Crippen LogP contribution in [0.5, 0.6) is 5.75 Å². The Kier molecular flexibility index (Phi) is 3.22. The second-order valence-corrected chi connectivity index (χ2v) is 6.94. The van der Waals surface area contributed by atoms with Gasteiger partial charge in [-0.1, -0.05) is 41.6 Å². The van der Waals surface area contributed by atoms with Gasteiger partial charge in [-0.05, 0) is 25.5 Å². The minimum absolute atomic E-state index is 0.0288. The second kappa shape index (κ2) is 5.49. The minimum atomic E-state index is -0.146. The predicted molar refractivity (Wildman–Crippen MR) is 99.0 cm³/mol. The smallest absolute Gasteiger partial charge is 0.327 e. The van der Waals surface area contributed by atoms with E-state index in [2.05, 4.69) is 10.1 Å². The molecule has 1 N–H and O–H groups in total. The molecule has 26 heavy (non-hydrogen) atoms. The van der Waals surface area contributed by atoms with Gasteiger partial charge in [-0.2, -0.15) is 0 Å². The summed E-state index contributed by atoms with van der Waals surface area (Å²) < 4.78 is 8.05. The zero-order chi connectivity index (χ0) is 17.8. The Morgan fingerprint density at radius 3 is 2.73 bits per heavy atom. The van der Waals surface area contributed by atoms with Gasteiger partial charge >= 0.3 is 5.69 Å². The van der Waals surface area contributed by atoms with Crippen LogP contribution < -0.4 is 10.4 Å². The van der Waals surface area contributed by atoms with Gasteiger partial charge in [0.25, 0.3) is 0 Å². The molecule has 0 amide bonds. The molecule has 0 radical (unpaired) electrons. The number of hydrogen-bond donors (Lipinski definition) is 1. The number of nitrogens with one attached hydrogen (secondary N) is 1. The quantitative estimate of drug-likeness (QED) is 0.772. The molecule has 0 spiro atoms. The number of benzene rings is 2. The van der Waals surface area contributed by atoms with E-state index in [1.807, 2.05) is 60.9 Å². The number of aromatic amines is 1. The Bertz CT molecular complexity index is 1080. The molecule has 132 valence electrons. The van der Waals surface area contributed by atoms with Crippen molar-refractivity contribution in [2.45, 2.75) is 31.9 Å². The van der Waals surface area contributed by atoms with Crippen LogP contribution in [-0.2, 0) is 4.84 Å². The van der Waals surface area contributed by atoms with E-state index in [-0.39, 0.29) is 23.8 Å². The first-order chi connectivity index (χ1) is 12.6. The van der Waals surface area contributed by atoms with Crippen molar-refractivity contribution >= 4 is 16.7 Å². The fourth-order valence-electron chi connectivity index (χ4n) is 4.16. The van der Waals surface area contributed by atoms with E-state index in [1.165, 1.54) is 0 Å². The summed E-state index contributed by atoms with van der Waals surface area (Å²) in [7, 11) is 0. The summed E-state index contributed by atoms with van der Waals surface area (Å²) in [4.78, 5) is 21.1. The molecule has 0 saturated carbocycles. The lowest BCUT2D eigenvalue weighted by molar-refractivity contribution is 0.0897. The largest absolute Gasteiger partial charge is 0.488 e. The minimum Gasteiger partial charge on any atom is -0.488 e. The molecule has 0 fully saturated rings. The molecule has 0 saturated heterocycles. The molecular formula is C20H19N3O3. The van der Waals surface area contributed by atoms with Crippen molar-refractivity contribution in [1.82, 2.24) is 9.55 Å². The molecule has 0 bridgehead atoms. The number of H-pyrrole nitrogens is 1. The van der Waals surface area contributed by atoms with Crippen LogP contribution in [0.2, 0.25) is 0 Å². The van der Waals surface area contributed by atoms with E-state index >= 15 is 0 Å². The Morgan fingerprint density at radius 2 is 2.00 bits per heavy atom. The van der Waals surface area contributed by atoms with Crippen molar-refractivity contribution in [2.24, 2.45) is 5.16 Å². The zero-order valence-electron chi connectivity index (χ0n) is 14.6. The van der Waals surface area contributed by atoms with Gasteiger partial charge in [-0.3, -0.25) is 4.57 Å². The van der Waals surface area contributed by atoms with Crippen LogP contribution in [-0.4, -0.2) is 28.0 Å². The van der Waals surface area contributed by atoms with Gasteiger partial charge in [0.05, 0.1) is 23.2 Å². The highest BCUT2D eigenvalue weighted by Gasteiger charge is 2.36. The number of ether oxygens (including phenoxy) is 1. The number of rotatable bonds is 2. The average Bonchev–Trinajstić information content (AvgIpc) is 3.17. The molecule has 6 heteroatoms. The summed E-state index contributed by atoms with van der Waals surface area (Å²) in [5, 5.41) is 4.12. The first-order valence-corrected chi connectivity index (χ1v) is 8.80. The molecule has 2 aliphatic rings. The Labute approximate surface area is 150 Å². The van der Waals surface area contributed by atoms with Gasteiger partial charge in [0, 0.05) is 5.56 Å². The third-order valence-electron chi connectivity index (χ3n) is 5.36. The predicted octanol–water partition coefficient (Wildman–Crippen LogP) is 3.19. The molecule has 1 aromatic heterocycles. The lowest BCUT2D eigenvalue weighted by atomic mass is 9.89. The van der Waals surface area contributed by atoms with Gasteiger partial charge in [0.1, 0.15) is 24.0 Å². The fourth-order valence-corrected chi connectivity index (χ4v) is 4.16. The van der Waals surface area contributed by atoms with Gasteiger partial charge in [0.15, 0.2) is 0 Å². The van der Waals surface area contributed by atoms with Crippen molar-refractivity contribution in [2.75, 3.05) is 6.61 Å². The van der Waals surface area contributed by atoms with Gasteiger partial charge in [-0.25, -0.2) is 4.79 Å². The van der Waals surface area contributed by atoms with Crippen LogP contribution in [0.25, 0.3) is 11.0 Å². The average molecular weight is 349 g/mol. The van der Waals surface area contributed by atoms with Crippen LogP contribution >= 0.6 is 0 Å². The number of hydrogen-bond acceptors (Lipinski definition) is 4. The standard InChI is InChI=1S/C20H19N3O3/c1-11-17(12(2)26-22-11)14-8-9-15-18-19(14)25-10-16(23(18)20(24)21-15)13-6-4-3-5-7-13/h3-9,12,16-17H,10H2,1-2H3,(H,21,24). The Hall–Kier alpha value is -3.02. The van der Waals surface area contributed by atoms with Crippen LogP contribution in [0, 0.1) is 0 Å². The highest BCUT2D eigenvalue weighted by atomic mass is 16.6. The van der Waals surface area contributed by atoms with Gasteiger partial charge < -0.3 is 14.6 Å². The molecular weight excluding hydrogens is 330 g/mol. The second-order valence-electron chi connectivity index (χ2n) is 6.94. The van der Waals surface area contributed by atoms with E-state index in [1.54, 1.807) is 0 Å². The maximum atomic E-state index is 12.7. The molecule has 5 rings (SSSR count). The highest BCUT2D eigenvalue weighted by Crippen LogP contribution is 2.42. The van der Waals surface area contributed by atoms with E-state index < -0.39 is 0 Å². The lowest BCUT2D eigenvalue weighted by Gasteiger charge is -2.28. The van der Waals surface area contributed by atoms with Crippen molar-refractivity contribution < 1.29 is 9.57 Å². The van der Waals surface area contributed by atoms with Crippen LogP contribution in [0.1, 0.15) is 36.9 Å². The van der Waals surface area contributed by atoms with E-state index in [0.29, 0.717) is 6.61 Å². The van der Waals surface area contributed by atoms with E-state index in [4.69, 9.17) is 9.57 Å². The maximum Gasteiger partial charge on any atom is 0.327 e. The SMILES string of the molecule is CC1=NOC(C)C1c1ccc2[nH]c(=O)n3c2c1OCC3c1ccccc1. The molecule has 3 atom stereocenters. The number of aromatic nitrogens is 2. The monoisotopic (exact) mass is 349 g/mol. The Balaban J connectivity index is 1.74. The zero-order valence-corrected chi connectivity index (χ0v) is 14.6. The van der Waals surface area contributed by atoms with Crippen molar-refractivity contribution in [3.05, 3.63) is 64.1 Å². The molecule has 3 aromatic rings.